The highest BCUT2D eigenvalue weighted by Gasteiger charge is 2.39. The molecule has 0 radical (unpaired) electrons. The molecule has 0 aromatic carbocycles. The number of fused-ring (bicyclic) bond motifs is 2. The van der Waals surface area contributed by atoms with Crippen molar-refractivity contribution in [2.45, 2.75) is 58.0 Å². The molecule has 2 fully saturated rings. The van der Waals surface area contributed by atoms with Crippen molar-refractivity contribution in [2.24, 2.45) is 11.1 Å². The van der Waals surface area contributed by atoms with E-state index in [1.165, 1.54) is 12.8 Å². The zero-order chi connectivity index (χ0) is 13.2. The van der Waals surface area contributed by atoms with Crippen LogP contribution in [-0.2, 0) is 4.79 Å². The number of carbonyl (C=O) groups is 1. The number of halogens is 2. The van der Waals surface area contributed by atoms with Crippen LogP contribution >= 0.6 is 24.8 Å². The standard InChI is InChI=1S/C14H27N3O.2ClH/c1-3-14(4-2,10-15)13(18)17-8-7-11-5-6-12(9-17)16-11;;/h11-12,16H,3-10,15H2,1-2H3;2*1H. The zero-order valence-electron chi connectivity index (χ0n) is 12.6. The first kappa shape index (κ1) is 20.0. The number of amides is 1. The van der Waals surface area contributed by atoms with Crippen molar-refractivity contribution < 1.29 is 4.79 Å². The Morgan fingerprint density at radius 2 is 1.80 bits per heavy atom. The van der Waals surface area contributed by atoms with Crippen LogP contribution in [0.4, 0.5) is 0 Å². The molecule has 2 atom stereocenters. The summed E-state index contributed by atoms with van der Waals surface area (Å²) >= 11 is 0. The van der Waals surface area contributed by atoms with Gasteiger partial charge in [-0.2, -0.15) is 0 Å². The predicted molar refractivity (Wildman–Crippen MR) is 87.7 cm³/mol. The number of nitrogens with two attached hydrogens (primary N) is 1. The molecule has 0 aliphatic carbocycles. The van der Waals surface area contributed by atoms with Crippen molar-refractivity contribution >= 4 is 30.7 Å². The van der Waals surface area contributed by atoms with E-state index in [9.17, 15) is 4.79 Å². The van der Waals surface area contributed by atoms with E-state index in [1.807, 2.05) is 0 Å². The molecule has 3 N–H and O–H groups in total. The van der Waals surface area contributed by atoms with Gasteiger partial charge in [0.05, 0.1) is 5.41 Å². The van der Waals surface area contributed by atoms with Crippen molar-refractivity contribution in [3.8, 4) is 0 Å². The lowest BCUT2D eigenvalue weighted by Crippen LogP contribution is -2.50. The Labute approximate surface area is 135 Å². The van der Waals surface area contributed by atoms with Crippen LogP contribution < -0.4 is 11.1 Å². The lowest BCUT2D eigenvalue weighted by Gasteiger charge is -2.36. The molecule has 2 aliphatic rings. The molecule has 2 bridgehead atoms. The molecule has 0 aromatic rings. The third-order valence-corrected chi connectivity index (χ3v) is 5.01. The van der Waals surface area contributed by atoms with E-state index in [-0.39, 0.29) is 36.1 Å². The number of rotatable bonds is 4. The van der Waals surface area contributed by atoms with Crippen molar-refractivity contribution in [2.75, 3.05) is 19.6 Å². The van der Waals surface area contributed by atoms with Gasteiger partial charge in [-0.3, -0.25) is 4.79 Å². The molecule has 2 unspecified atom stereocenters. The highest BCUT2D eigenvalue weighted by Crippen LogP contribution is 2.30. The van der Waals surface area contributed by atoms with E-state index in [1.54, 1.807) is 0 Å². The maximum Gasteiger partial charge on any atom is 0.230 e. The average molecular weight is 326 g/mol. The molecule has 0 saturated carbocycles. The number of nitrogens with one attached hydrogen (secondary N) is 1. The van der Waals surface area contributed by atoms with E-state index < -0.39 is 0 Å². The first-order valence-electron chi connectivity index (χ1n) is 7.40. The Balaban J connectivity index is 0.00000180. The minimum Gasteiger partial charge on any atom is -0.341 e. The maximum atomic E-state index is 12.8. The molecule has 120 valence electrons. The van der Waals surface area contributed by atoms with Crippen molar-refractivity contribution in [1.29, 1.82) is 0 Å². The second-order valence-corrected chi connectivity index (χ2v) is 5.87. The molecular formula is C14H29Cl2N3O. The lowest BCUT2D eigenvalue weighted by molar-refractivity contribution is -0.142. The Morgan fingerprint density at radius 1 is 1.20 bits per heavy atom. The summed E-state index contributed by atoms with van der Waals surface area (Å²) in [5.41, 5.74) is 5.56. The zero-order valence-corrected chi connectivity index (χ0v) is 14.2. The molecule has 4 nitrogen and oxygen atoms in total. The number of carbonyl (C=O) groups excluding carboxylic acids is 1. The van der Waals surface area contributed by atoms with Gasteiger partial charge in [-0.25, -0.2) is 0 Å². The van der Waals surface area contributed by atoms with Crippen molar-refractivity contribution in [3.05, 3.63) is 0 Å². The molecule has 1 amide bonds. The summed E-state index contributed by atoms with van der Waals surface area (Å²) in [5, 5.41) is 3.62. The van der Waals surface area contributed by atoms with Gasteiger partial charge in [-0.05, 0) is 32.1 Å². The predicted octanol–water partition coefficient (Wildman–Crippen LogP) is 1.95. The van der Waals surface area contributed by atoms with Gasteiger partial charge in [0.1, 0.15) is 0 Å². The summed E-state index contributed by atoms with van der Waals surface area (Å²) in [6.45, 7) is 6.40. The number of nitrogens with zero attached hydrogens (tertiary/aromatic N) is 1. The van der Waals surface area contributed by atoms with Crippen LogP contribution in [-0.4, -0.2) is 42.5 Å². The van der Waals surface area contributed by atoms with Crippen LogP contribution in [0, 0.1) is 5.41 Å². The van der Waals surface area contributed by atoms with Crippen LogP contribution in [0.1, 0.15) is 46.0 Å². The van der Waals surface area contributed by atoms with Crippen LogP contribution in [0.3, 0.4) is 0 Å². The molecule has 2 heterocycles. The van der Waals surface area contributed by atoms with E-state index >= 15 is 0 Å². The van der Waals surface area contributed by atoms with Gasteiger partial charge in [0.2, 0.25) is 5.91 Å². The fraction of sp³-hybridized carbons (Fsp3) is 0.929. The van der Waals surface area contributed by atoms with Gasteiger partial charge in [-0.1, -0.05) is 13.8 Å². The van der Waals surface area contributed by atoms with E-state index in [0.29, 0.717) is 18.6 Å². The summed E-state index contributed by atoms with van der Waals surface area (Å²) in [5.74, 6) is 0.282. The third kappa shape index (κ3) is 3.79. The number of hydrogen-bond donors (Lipinski definition) is 2. The molecule has 0 spiro atoms. The molecule has 20 heavy (non-hydrogen) atoms. The maximum absolute atomic E-state index is 12.8. The summed E-state index contributed by atoms with van der Waals surface area (Å²) < 4.78 is 0. The molecular weight excluding hydrogens is 297 g/mol. The quantitative estimate of drug-likeness (QED) is 0.830. The molecule has 0 aromatic heterocycles. The Morgan fingerprint density at radius 3 is 2.35 bits per heavy atom. The normalized spacial score (nSPS) is 25.4. The summed E-state index contributed by atoms with van der Waals surface area (Å²) in [6, 6.07) is 1.13. The van der Waals surface area contributed by atoms with Crippen molar-refractivity contribution in [3.63, 3.8) is 0 Å². The topological polar surface area (TPSA) is 58.4 Å². The van der Waals surface area contributed by atoms with Crippen LogP contribution in [0.15, 0.2) is 0 Å². The first-order chi connectivity index (χ1) is 8.65. The largest absolute Gasteiger partial charge is 0.341 e. The monoisotopic (exact) mass is 325 g/mol. The first-order valence-corrected chi connectivity index (χ1v) is 7.40. The Kier molecular flexibility index (Phi) is 8.41. The van der Waals surface area contributed by atoms with Gasteiger partial charge in [-0.15, -0.1) is 24.8 Å². The molecule has 6 heteroatoms. The molecule has 2 saturated heterocycles. The second kappa shape index (κ2) is 8.42. The summed E-state index contributed by atoms with van der Waals surface area (Å²) in [4.78, 5) is 14.8. The summed E-state index contributed by atoms with van der Waals surface area (Å²) in [7, 11) is 0. The fourth-order valence-electron chi connectivity index (χ4n) is 3.39. The van der Waals surface area contributed by atoms with Crippen LogP contribution in [0.5, 0.6) is 0 Å². The minimum atomic E-state index is -0.330. The summed E-state index contributed by atoms with van der Waals surface area (Å²) in [6.07, 6.45) is 5.27. The number of hydrogen-bond acceptors (Lipinski definition) is 3. The number of likely N-dealkylation sites (tertiary alicyclic amines) is 1. The van der Waals surface area contributed by atoms with Gasteiger partial charge in [0, 0.05) is 31.7 Å². The smallest absolute Gasteiger partial charge is 0.230 e. The van der Waals surface area contributed by atoms with Gasteiger partial charge < -0.3 is 16.0 Å². The van der Waals surface area contributed by atoms with Crippen LogP contribution in [0.2, 0.25) is 0 Å². The van der Waals surface area contributed by atoms with Crippen LogP contribution in [0.25, 0.3) is 0 Å². The third-order valence-electron chi connectivity index (χ3n) is 5.01. The van der Waals surface area contributed by atoms with Gasteiger partial charge in [0.15, 0.2) is 0 Å². The van der Waals surface area contributed by atoms with E-state index in [2.05, 4.69) is 24.1 Å². The Hall–Kier alpha value is -0.0300. The average Bonchev–Trinajstić information content (AvgIpc) is 2.72. The highest BCUT2D eigenvalue weighted by molar-refractivity contribution is 5.85. The second-order valence-electron chi connectivity index (χ2n) is 5.87. The van der Waals surface area contributed by atoms with Gasteiger partial charge in [0.25, 0.3) is 0 Å². The minimum absolute atomic E-state index is 0. The Bertz CT molecular complexity index is 303. The van der Waals surface area contributed by atoms with E-state index in [4.69, 9.17) is 5.73 Å². The molecule has 2 aliphatic heterocycles. The lowest BCUT2D eigenvalue weighted by atomic mass is 9.80. The molecule has 2 rings (SSSR count). The van der Waals surface area contributed by atoms with E-state index in [0.717, 1.165) is 32.4 Å². The van der Waals surface area contributed by atoms with Gasteiger partial charge >= 0.3 is 0 Å². The fourth-order valence-corrected chi connectivity index (χ4v) is 3.39. The van der Waals surface area contributed by atoms with Crippen molar-refractivity contribution in [1.82, 2.24) is 10.2 Å². The SMILES string of the molecule is CCC(CC)(CN)C(=O)N1CCC2CCC(C1)N2.Cl.Cl. The highest BCUT2D eigenvalue weighted by atomic mass is 35.5.